The molecule has 1 aliphatic rings. The minimum atomic E-state index is -4.30. The highest BCUT2D eigenvalue weighted by molar-refractivity contribution is 5.29. The molecule has 1 aromatic carbocycles. The summed E-state index contributed by atoms with van der Waals surface area (Å²) >= 11 is 0. The molecule has 1 aliphatic heterocycles. The average Bonchev–Trinajstić information content (AvgIpc) is 2.60. The molecule has 134 valence electrons. The Labute approximate surface area is 145 Å². The van der Waals surface area contributed by atoms with Crippen LogP contribution in [0.4, 0.5) is 19.1 Å². The molecule has 0 saturated carbocycles. The number of nitrogens with one attached hydrogen (secondary N) is 1. The number of halogens is 3. The number of piperidine rings is 1. The van der Waals surface area contributed by atoms with Crippen molar-refractivity contribution in [2.24, 2.45) is 5.92 Å². The highest BCUT2D eigenvalue weighted by Crippen LogP contribution is 2.36. The lowest BCUT2D eigenvalue weighted by molar-refractivity contribution is -0.137. The fraction of sp³-hybridized carbons (Fsp3) is 0.444. The van der Waals surface area contributed by atoms with Gasteiger partial charge in [-0.1, -0.05) is 12.1 Å². The molecule has 0 radical (unpaired) electrons. The third-order valence-corrected chi connectivity index (χ3v) is 4.67. The van der Waals surface area contributed by atoms with E-state index in [9.17, 15) is 13.2 Å². The van der Waals surface area contributed by atoms with Crippen LogP contribution in [-0.4, -0.2) is 35.0 Å². The number of benzene rings is 1. The van der Waals surface area contributed by atoms with Crippen LogP contribution < -0.4 is 5.32 Å². The first-order valence-electron chi connectivity index (χ1n) is 8.33. The van der Waals surface area contributed by atoms with E-state index in [1.54, 1.807) is 30.6 Å². The van der Waals surface area contributed by atoms with E-state index in [0.29, 0.717) is 12.5 Å². The molecule has 2 atom stereocenters. The lowest BCUT2D eigenvalue weighted by Gasteiger charge is -2.39. The number of likely N-dealkylation sites (tertiary alicyclic amines) is 1. The van der Waals surface area contributed by atoms with Crippen molar-refractivity contribution in [1.29, 1.82) is 0 Å². The largest absolute Gasteiger partial charge is 0.416 e. The number of anilines is 1. The van der Waals surface area contributed by atoms with E-state index in [2.05, 4.69) is 20.2 Å². The van der Waals surface area contributed by atoms with Crippen LogP contribution in [0.25, 0.3) is 0 Å². The van der Waals surface area contributed by atoms with Crippen LogP contribution in [0.2, 0.25) is 0 Å². The Morgan fingerprint density at radius 1 is 1.16 bits per heavy atom. The van der Waals surface area contributed by atoms with Gasteiger partial charge in [-0.25, -0.2) is 9.97 Å². The molecule has 2 heterocycles. The van der Waals surface area contributed by atoms with E-state index < -0.39 is 11.7 Å². The summed E-state index contributed by atoms with van der Waals surface area (Å²) in [6.45, 7) is 1.62. The highest BCUT2D eigenvalue weighted by atomic mass is 19.4. The van der Waals surface area contributed by atoms with E-state index >= 15 is 0 Å². The standard InChI is InChI=1S/C18H21F3N4/c1-25-11-2-4-14(12-24-17-22-9-3-10-23-17)16(25)13-5-7-15(8-6-13)18(19,20)21/h3,5-10,14,16H,2,4,11-12H2,1H3,(H,22,23,24). The fourth-order valence-corrected chi connectivity index (χ4v) is 3.48. The summed E-state index contributed by atoms with van der Waals surface area (Å²) < 4.78 is 38.4. The minimum Gasteiger partial charge on any atom is -0.354 e. The van der Waals surface area contributed by atoms with Gasteiger partial charge >= 0.3 is 6.18 Å². The quantitative estimate of drug-likeness (QED) is 0.905. The highest BCUT2D eigenvalue weighted by Gasteiger charge is 2.33. The summed E-state index contributed by atoms with van der Waals surface area (Å²) in [5, 5.41) is 3.24. The van der Waals surface area contributed by atoms with Crippen LogP contribution in [0.1, 0.15) is 30.0 Å². The maximum atomic E-state index is 12.8. The van der Waals surface area contributed by atoms with Crippen molar-refractivity contribution in [2.45, 2.75) is 25.1 Å². The predicted molar refractivity (Wildman–Crippen MR) is 90.1 cm³/mol. The zero-order valence-corrected chi connectivity index (χ0v) is 14.0. The Morgan fingerprint density at radius 3 is 2.48 bits per heavy atom. The lowest BCUT2D eigenvalue weighted by Crippen LogP contribution is -2.39. The van der Waals surface area contributed by atoms with Gasteiger partial charge in [0, 0.05) is 25.0 Å². The summed E-state index contributed by atoms with van der Waals surface area (Å²) in [5.74, 6) is 0.848. The van der Waals surface area contributed by atoms with E-state index in [1.165, 1.54) is 12.1 Å². The van der Waals surface area contributed by atoms with Crippen LogP contribution in [0.3, 0.4) is 0 Å². The Balaban J connectivity index is 1.75. The summed E-state index contributed by atoms with van der Waals surface area (Å²) in [4.78, 5) is 10.5. The van der Waals surface area contributed by atoms with Crippen LogP contribution >= 0.6 is 0 Å². The lowest BCUT2D eigenvalue weighted by atomic mass is 9.84. The van der Waals surface area contributed by atoms with Gasteiger partial charge in [0.05, 0.1) is 5.56 Å². The van der Waals surface area contributed by atoms with Crippen molar-refractivity contribution in [3.63, 3.8) is 0 Å². The van der Waals surface area contributed by atoms with Gasteiger partial charge in [0.25, 0.3) is 0 Å². The van der Waals surface area contributed by atoms with Crippen LogP contribution in [0.5, 0.6) is 0 Å². The summed E-state index contributed by atoms with van der Waals surface area (Å²) in [5.41, 5.74) is 0.304. The van der Waals surface area contributed by atoms with E-state index in [0.717, 1.165) is 24.9 Å². The second-order valence-corrected chi connectivity index (χ2v) is 6.40. The number of aromatic nitrogens is 2. The molecule has 1 aromatic heterocycles. The Morgan fingerprint density at radius 2 is 1.84 bits per heavy atom. The molecule has 3 rings (SSSR count). The maximum absolute atomic E-state index is 12.8. The molecule has 0 aliphatic carbocycles. The van der Waals surface area contributed by atoms with Gasteiger partial charge in [0.15, 0.2) is 0 Å². The van der Waals surface area contributed by atoms with Crippen molar-refractivity contribution in [3.8, 4) is 0 Å². The Kier molecular flexibility index (Phi) is 5.22. The monoisotopic (exact) mass is 350 g/mol. The summed E-state index contributed by atoms with van der Waals surface area (Å²) in [6, 6.07) is 7.37. The molecule has 1 N–H and O–H groups in total. The van der Waals surface area contributed by atoms with Gasteiger partial charge < -0.3 is 5.32 Å². The summed E-state index contributed by atoms with van der Waals surface area (Å²) in [6.07, 6.45) is 1.12. The van der Waals surface area contributed by atoms with Crippen molar-refractivity contribution in [2.75, 3.05) is 25.5 Å². The van der Waals surface area contributed by atoms with Crippen LogP contribution in [-0.2, 0) is 6.18 Å². The normalized spacial score (nSPS) is 21.9. The SMILES string of the molecule is CN1CCCC(CNc2ncccn2)C1c1ccc(C(F)(F)F)cc1. The average molecular weight is 350 g/mol. The first-order chi connectivity index (χ1) is 11.9. The molecule has 0 spiro atoms. The van der Waals surface area contributed by atoms with Gasteiger partial charge in [-0.2, -0.15) is 13.2 Å². The van der Waals surface area contributed by atoms with Crippen LogP contribution in [0, 0.1) is 5.92 Å². The number of rotatable bonds is 4. The Bertz CT molecular complexity index is 673. The zero-order chi connectivity index (χ0) is 17.9. The molecule has 2 aromatic rings. The summed E-state index contributed by atoms with van der Waals surface area (Å²) in [7, 11) is 2.02. The van der Waals surface area contributed by atoms with Gasteiger partial charge in [-0.05, 0) is 56.1 Å². The molecule has 7 heteroatoms. The molecule has 2 unspecified atom stereocenters. The molecular weight excluding hydrogens is 329 g/mol. The van der Waals surface area contributed by atoms with Gasteiger partial charge in [-0.3, -0.25) is 4.90 Å². The van der Waals surface area contributed by atoms with Crippen molar-refractivity contribution < 1.29 is 13.2 Å². The molecule has 25 heavy (non-hydrogen) atoms. The van der Waals surface area contributed by atoms with Gasteiger partial charge in [0.2, 0.25) is 5.95 Å². The number of hydrogen-bond donors (Lipinski definition) is 1. The molecule has 1 saturated heterocycles. The maximum Gasteiger partial charge on any atom is 0.416 e. The molecular formula is C18H21F3N4. The van der Waals surface area contributed by atoms with Gasteiger partial charge in [0.1, 0.15) is 0 Å². The van der Waals surface area contributed by atoms with Gasteiger partial charge in [-0.15, -0.1) is 0 Å². The second kappa shape index (κ2) is 7.39. The van der Waals surface area contributed by atoms with E-state index in [4.69, 9.17) is 0 Å². The van der Waals surface area contributed by atoms with Crippen molar-refractivity contribution in [1.82, 2.24) is 14.9 Å². The first-order valence-corrected chi connectivity index (χ1v) is 8.33. The number of nitrogens with zero attached hydrogens (tertiary/aromatic N) is 3. The van der Waals surface area contributed by atoms with Crippen molar-refractivity contribution >= 4 is 5.95 Å². The van der Waals surface area contributed by atoms with Crippen molar-refractivity contribution in [3.05, 3.63) is 53.9 Å². The minimum absolute atomic E-state index is 0.0762. The topological polar surface area (TPSA) is 41.0 Å². The third-order valence-electron chi connectivity index (χ3n) is 4.67. The van der Waals surface area contributed by atoms with Crippen LogP contribution in [0.15, 0.2) is 42.7 Å². The molecule has 1 fully saturated rings. The zero-order valence-electron chi connectivity index (χ0n) is 14.0. The van der Waals surface area contributed by atoms with E-state index in [1.807, 2.05) is 7.05 Å². The molecule has 4 nitrogen and oxygen atoms in total. The molecule has 0 amide bonds. The third kappa shape index (κ3) is 4.28. The molecule has 0 bridgehead atoms. The Hall–Kier alpha value is -2.15. The number of alkyl halides is 3. The second-order valence-electron chi connectivity index (χ2n) is 6.40. The smallest absolute Gasteiger partial charge is 0.354 e. The first kappa shape index (κ1) is 17.7. The fourth-order valence-electron chi connectivity index (χ4n) is 3.48. The number of hydrogen-bond acceptors (Lipinski definition) is 4. The predicted octanol–water partition coefficient (Wildman–Crippen LogP) is 3.99. The van der Waals surface area contributed by atoms with E-state index in [-0.39, 0.29) is 12.0 Å².